The molecule has 2 aliphatic rings. The summed E-state index contributed by atoms with van der Waals surface area (Å²) in [7, 11) is 0. The molecule has 120 valence electrons. The molecule has 1 saturated heterocycles. The summed E-state index contributed by atoms with van der Waals surface area (Å²) in [5.41, 5.74) is 5.98. The van der Waals surface area contributed by atoms with Crippen LogP contribution < -0.4 is 11.1 Å². The number of nitrogens with zero attached hydrogens (tertiary/aromatic N) is 1. The van der Waals surface area contributed by atoms with Gasteiger partial charge in [0.25, 0.3) is 0 Å². The molecule has 1 aliphatic heterocycles. The van der Waals surface area contributed by atoms with Crippen LogP contribution in [0.2, 0.25) is 0 Å². The fourth-order valence-electron chi connectivity index (χ4n) is 3.68. The van der Waals surface area contributed by atoms with E-state index in [2.05, 4.69) is 12.2 Å². The monoisotopic (exact) mass is 295 g/mol. The van der Waals surface area contributed by atoms with Crippen LogP contribution in [-0.4, -0.2) is 42.4 Å². The molecule has 3 N–H and O–H groups in total. The van der Waals surface area contributed by atoms with Gasteiger partial charge in [0.1, 0.15) is 0 Å². The SMILES string of the molecule is CC(=O)NCC1CCN(C(=O)C2CCC(N)CC2C)CC1. The number of amides is 2. The summed E-state index contributed by atoms with van der Waals surface area (Å²) in [5.74, 6) is 1.43. The molecule has 0 aromatic rings. The maximum atomic E-state index is 12.7. The predicted octanol–water partition coefficient (Wildman–Crippen LogP) is 1.12. The van der Waals surface area contributed by atoms with Crippen LogP contribution in [0.25, 0.3) is 0 Å². The summed E-state index contributed by atoms with van der Waals surface area (Å²) >= 11 is 0. The van der Waals surface area contributed by atoms with Crippen molar-refractivity contribution in [1.29, 1.82) is 0 Å². The van der Waals surface area contributed by atoms with E-state index in [4.69, 9.17) is 5.73 Å². The van der Waals surface area contributed by atoms with Crippen molar-refractivity contribution in [3.05, 3.63) is 0 Å². The number of carbonyl (C=O) groups is 2. The molecule has 1 saturated carbocycles. The topological polar surface area (TPSA) is 75.4 Å². The molecule has 2 rings (SSSR count). The molecule has 0 spiro atoms. The van der Waals surface area contributed by atoms with Gasteiger partial charge in [0, 0.05) is 38.5 Å². The van der Waals surface area contributed by atoms with Gasteiger partial charge in [0.05, 0.1) is 0 Å². The fraction of sp³-hybridized carbons (Fsp3) is 0.875. The average Bonchev–Trinajstić information content (AvgIpc) is 2.45. The van der Waals surface area contributed by atoms with Crippen LogP contribution in [-0.2, 0) is 9.59 Å². The Bertz CT molecular complexity index is 378. The zero-order valence-electron chi connectivity index (χ0n) is 13.3. The molecular weight excluding hydrogens is 266 g/mol. The quantitative estimate of drug-likeness (QED) is 0.819. The maximum absolute atomic E-state index is 12.7. The lowest BCUT2D eigenvalue weighted by Gasteiger charge is -2.38. The van der Waals surface area contributed by atoms with E-state index in [0.717, 1.165) is 51.7 Å². The van der Waals surface area contributed by atoms with Crippen LogP contribution in [0.1, 0.15) is 46.0 Å². The summed E-state index contributed by atoms with van der Waals surface area (Å²) in [5, 5.41) is 2.88. The van der Waals surface area contributed by atoms with Gasteiger partial charge in [-0.15, -0.1) is 0 Å². The first-order chi connectivity index (χ1) is 9.97. The van der Waals surface area contributed by atoms with Gasteiger partial charge in [-0.2, -0.15) is 0 Å². The Hall–Kier alpha value is -1.10. The van der Waals surface area contributed by atoms with Crippen molar-refractivity contribution in [1.82, 2.24) is 10.2 Å². The molecule has 0 aromatic carbocycles. The normalized spacial score (nSPS) is 31.0. The second-order valence-electron chi connectivity index (χ2n) is 6.86. The largest absolute Gasteiger partial charge is 0.356 e. The zero-order chi connectivity index (χ0) is 15.4. The molecular formula is C16H29N3O2. The molecule has 3 atom stereocenters. The van der Waals surface area contributed by atoms with Crippen LogP contribution >= 0.6 is 0 Å². The summed E-state index contributed by atoms with van der Waals surface area (Å²) in [6.45, 7) is 6.11. The van der Waals surface area contributed by atoms with E-state index in [1.807, 2.05) is 4.90 Å². The number of nitrogens with one attached hydrogen (secondary N) is 1. The van der Waals surface area contributed by atoms with Gasteiger partial charge < -0.3 is 16.0 Å². The number of hydrogen-bond donors (Lipinski definition) is 2. The van der Waals surface area contributed by atoms with Crippen molar-refractivity contribution >= 4 is 11.8 Å². The lowest BCUT2D eigenvalue weighted by atomic mass is 9.77. The lowest BCUT2D eigenvalue weighted by Crippen LogP contribution is -2.47. The number of carbonyl (C=O) groups excluding carboxylic acids is 2. The molecule has 0 radical (unpaired) electrons. The highest BCUT2D eigenvalue weighted by Crippen LogP contribution is 2.31. The lowest BCUT2D eigenvalue weighted by molar-refractivity contribution is -0.140. The number of rotatable bonds is 3. The molecule has 0 bridgehead atoms. The summed E-state index contributed by atoms with van der Waals surface area (Å²) < 4.78 is 0. The van der Waals surface area contributed by atoms with E-state index in [0.29, 0.717) is 17.7 Å². The van der Waals surface area contributed by atoms with E-state index in [-0.39, 0.29) is 17.9 Å². The number of piperidine rings is 1. The predicted molar refractivity (Wildman–Crippen MR) is 82.5 cm³/mol. The third-order valence-electron chi connectivity index (χ3n) is 5.09. The third kappa shape index (κ3) is 4.43. The van der Waals surface area contributed by atoms with Crippen LogP contribution in [0, 0.1) is 17.8 Å². The maximum Gasteiger partial charge on any atom is 0.225 e. The van der Waals surface area contributed by atoms with Crippen molar-refractivity contribution in [2.75, 3.05) is 19.6 Å². The molecule has 2 fully saturated rings. The van der Waals surface area contributed by atoms with E-state index in [1.165, 1.54) is 0 Å². The molecule has 1 aliphatic carbocycles. The van der Waals surface area contributed by atoms with Crippen LogP contribution in [0.4, 0.5) is 0 Å². The number of nitrogens with two attached hydrogens (primary N) is 1. The van der Waals surface area contributed by atoms with Gasteiger partial charge in [0.2, 0.25) is 11.8 Å². The Morgan fingerprint density at radius 2 is 1.86 bits per heavy atom. The number of likely N-dealkylation sites (tertiary alicyclic amines) is 1. The highest BCUT2D eigenvalue weighted by atomic mass is 16.2. The Balaban J connectivity index is 1.79. The minimum atomic E-state index is 0.0286. The Kier molecular flexibility index (Phi) is 5.62. The first kappa shape index (κ1) is 16.3. The highest BCUT2D eigenvalue weighted by molar-refractivity contribution is 5.79. The van der Waals surface area contributed by atoms with Gasteiger partial charge in [0.15, 0.2) is 0 Å². The molecule has 5 nitrogen and oxygen atoms in total. The van der Waals surface area contributed by atoms with Crippen molar-refractivity contribution < 1.29 is 9.59 Å². The first-order valence-electron chi connectivity index (χ1n) is 8.26. The fourth-order valence-corrected chi connectivity index (χ4v) is 3.68. The molecule has 3 unspecified atom stereocenters. The van der Waals surface area contributed by atoms with Crippen molar-refractivity contribution in [2.24, 2.45) is 23.5 Å². The minimum Gasteiger partial charge on any atom is -0.356 e. The van der Waals surface area contributed by atoms with Crippen LogP contribution in [0.3, 0.4) is 0 Å². The second-order valence-corrected chi connectivity index (χ2v) is 6.86. The van der Waals surface area contributed by atoms with Gasteiger partial charge >= 0.3 is 0 Å². The smallest absolute Gasteiger partial charge is 0.225 e. The Morgan fingerprint density at radius 3 is 2.43 bits per heavy atom. The van der Waals surface area contributed by atoms with E-state index >= 15 is 0 Å². The second kappa shape index (κ2) is 7.25. The minimum absolute atomic E-state index is 0.0286. The molecule has 0 aromatic heterocycles. The van der Waals surface area contributed by atoms with E-state index in [1.54, 1.807) is 6.92 Å². The van der Waals surface area contributed by atoms with E-state index < -0.39 is 0 Å². The van der Waals surface area contributed by atoms with Gasteiger partial charge in [-0.3, -0.25) is 9.59 Å². The van der Waals surface area contributed by atoms with Gasteiger partial charge in [-0.25, -0.2) is 0 Å². The molecule has 21 heavy (non-hydrogen) atoms. The summed E-state index contributed by atoms with van der Waals surface area (Å²) in [6, 6.07) is 0.271. The summed E-state index contributed by atoms with van der Waals surface area (Å²) in [6.07, 6.45) is 4.86. The van der Waals surface area contributed by atoms with Crippen LogP contribution in [0.15, 0.2) is 0 Å². The molecule has 2 amide bonds. The van der Waals surface area contributed by atoms with Crippen molar-refractivity contribution in [3.63, 3.8) is 0 Å². The standard InChI is InChI=1S/C16H29N3O2/c1-11-9-14(17)3-4-15(11)16(21)19-7-5-13(6-8-19)10-18-12(2)20/h11,13-15H,3-10,17H2,1-2H3,(H,18,20). The van der Waals surface area contributed by atoms with Crippen LogP contribution in [0.5, 0.6) is 0 Å². The molecule has 5 heteroatoms. The van der Waals surface area contributed by atoms with Crippen molar-refractivity contribution in [3.8, 4) is 0 Å². The zero-order valence-corrected chi connectivity index (χ0v) is 13.3. The molecule has 1 heterocycles. The highest BCUT2D eigenvalue weighted by Gasteiger charge is 2.34. The van der Waals surface area contributed by atoms with Gasteiger partial charge in [-0.1, -0.05) is 6.92 Å². The Labute approximate surface area is 127 Å². The van der Waals surface area contributed by atoms with E-state index in [9.17, 15) is 9.59 Å². The first-order valence-corrected chi connectivity index (χ1v) is 8.26. The Morgan fingerprint density at radius 1 is 1.19 bits per heavy atom. The van der Waals surface area contributed by atoms with Gasteiger partial charge in [-0.05, 0) is 43.9 Å². The number of hydrogen-bond acceptors (Lipinski definition) is 3. The third-order valence-corrected chi connectivity index (χ3v) is 5.09. The van der Waals surface area contributed by atoms with Crippen molar-refractivity contribution in [2.45, 2.75) is 52.0 Å². The summed E-state index contributed by atoms with van der Waals surface area (Å²) in [4.78, 5) is 25.6. The average molecular weight is 295 g/mol.